The minimum Gasteiger partial charge on any atom is -0.343 e. The van der Waals surface area contributed by atoms with Gasteiger partial charge in [-0.3, -0.25) is 4.79 Å². The Hall–Kier alpha value is -0.660. The quantitative estimate of drug-likeness (QED) is 0.777. The number of hydrogen-bond acceptors (Lipinski definition) is 3. The second-order valence-corrected chi connectivity index (χ2v) is 8.30. The Kier molecular flexibility index (Phi) is 5.27. The first-order chi connectivity index (χ1) is 9.82. The molecule has 0 aliphatic carbocycles. The molecule has 0 aromatic heterocycles. The molecule has 0 spiro atoms. The summed E-state index contributed by atoms with van der Waals surface area (Å²) in [7, 11) is -1.53. The van der Waals surface area contributed by atoms with E-state index in [4.69, 9.17) is 0 Å². The van der Waals surface area contributed by atoms with Gasteiger partial charge in [-0.15, -0.1) is 0 Å². The van der Waals surface area contributed by atoms with Crippen molar-refractivity contribution >= 4 is 16.1 Å². The second kappa shape index (κ2) is 6.62. The van der Waals surface area contributed by atoms with Gasteiger partial charge in [0.2, 0.25) is 5.91 Å². The molecule has 0 aromatic rings. The van der Waals surface area contributed by atoms with Crippen molar-refractivity contribution < 1.29 is 13.2 Å². The number of carbonyl (C=O) groups is 1. The number of piperidine rings is 2. The fourth-order valence-electron chi connectivity index (χ4n) is 3.24. The molecule has 6 nitrogen and oxygen atoms in total. The summed E-state index contributed by atoms with van der Waals surface area (Å²) < 4.78 is 28.6. The van der Waals surface area contributed by atoms with Crippen molar-refractivity contribution in [2.45, 2.75) is 45.6 Å². The predicted octanol–water partition coefficient (Wildman–Crippen LogP) is 0.906. The highest BCUT2D eigenvalue weighted by Crippen LogP contribution is 2.24. The lowest BCUT2D eigenvalue weighted by molar-refractivity contribution is -0.130. The van der Waals surface area contributed by atoms with Crippen molar-refractivity contribution in [3.8, 4) is 0 Å². The molecule has 1 atom stereocenters. The van der Waals surface area contributed by atoms with E-state index < -0.39 is 10.2 Å². The molecule has 7 heteroatoms. The fourth-order valence-corrected chi connectivity index (χ4v) is 5.04. The molecule has 0 unspecified atom stereocenters. The molecule has 2 aliphatic heterocycles. The topological polar surface area (TPSA) is 60.9 Å². The Morgan fingerprint density at radius 2 is 1.71 bits per heavy atom. The molecule has 2 fully saturated rings. The Balaban J connectivity index is 1.96. The molecular weight excluding hydrogens is 290 g/mol. The van der Waals surface area contributed by atoms with Gasteiger partial charge in [0.25, 0.3) is 10.2 Å². The molecule has 21 heavy (non-hydrogen) atoms. The molecule has 2 rings (SSSR count). The van der Waals surface area contributed by atoms with Crippen molar-refractivity contribution in [1.82, 2.24) is 13.5 Å². The Bertz CT molecular complexity index is 472. The van der Waals surface area contributed by atoms with E-state index in [1.807, 2.05) is 0 Å². The number of hydrogen-bond donors (Lipinski definition) is 0. The zero-order valence-corrected chi connectivity index (χ0v) is 14.1. The van der Waals surface area contributed by atoms with Crippen LogP contribution in [0.15, 0.2) is 0 Å². The maximum absolute atomic E-state index is 12.7. The maximum atomic E-state index is 12.7. The lowest BCUT2D eigenvalue weighted by Gasteiger charge is -2.39. The van der Waals surface area contributed by atoms with E-state index >= 15 is 0 Å². The third-order valence-electron chi connectivity index (χ3n) is 4.74. The van der Waals surface area contributed by atoms with Crippen molar-refractivity contribution in [3.63, 3.8) is 0 Å². The van der Waals surface area contributed by atoms with Crippen molar-refractivity contribution in [1.29, 1.82) is 0 Å². The van der Waals surface area contributed by atoms with Crippen molar-refractivity contribution in [2.75, 3.05) is 33.2 Å². The normalized spacial score (nSPS) is 26.7. The van der Waals surface area contributed by atoms with Crippen LogP contribution in [0.25, 0.3) is 0 Å². The lowest BCUT2D eigenvalue weighted by atomic mass is 10.0. The van der Waals surface area contributed by atoms with Gasteiger partial charge in [-0.2, -0.15) is 17.0 Å². The molecule has 0 saturated carbocycles. The molecule has 0 aromatic carbocycles. The Morgan fingerprint density at radius 1 is 1.10 bits per heavy atom. The molecule has 122 valence electrons. The molecular formula is C14H27N3O3S. The monoisotopic (exact) mass is 317 g/mol. The van der Waals surface area contributed by atoms with Crippen LogP contribution in [0, 0.1) is 5.92 Å². The zero-order valence-electron chi connectivity index (χ0n) is 13.3. The van der Waals surface area contributed by atoms with Gasteiger partial charge in [-0.25, -0.2) is 0 Å². The summed E-state index contributed by atoms with van der Waals surface area (Å²) in [6.07, 6.45) is 3.50. The van der Waals surface area contributed by atoms with Gasteiger partial charge in [-0.1, -0.05) is 6.92 Å². The van der Waals surface area contributed by atoms with Crippen LogP contribution in [0.4, 0.5) is 0 Å². The molecule has 2 saturated heterocycles. The average molecular weight is 317 g/mol. The Labute approximate surface area is 128 Å². The minimum absolute atomic E-state index is 0.0427. The summed E-state index contributed by atoms with van der Waals surface area (Å²) in [4.78, 5) is 13.1. The first-order valence-corrected chi connectivity index (χ1v) is 9.20. The lowest BCUT2D eigenvalue weighted by Crippen LogP contribution is -2.52. The summed E-state index contributed by atoms with van der Waals surface area (Å²) in [5, 5.41) is 0. The van der Waals surface area contributed by atoms with Gasteiger partial charge in [0, 0.05) is 46.2 Å². The highest BCUT2D eigenvalue weighted by atomic mass is 32.2. The van der Waals surface area contributed by atoms with Crippen LogP contribution < -0.4 is 0 Å². The van der Waals surface area contributed by atoms with Crippen LogP contribution in [0.3, 0.4) is 0 Å². The number of amides is 1. The van der Waals surface area contributed by atoms with Crippen LogP contribution >= 0.6 is 0 Å². The average Bonchev–Trinajstić information content (AvgIpc) is 2.46. The summed E-state index contributed by atoms with van der Waals surface area (Å²) in [5.41, 5.74) is 0. The van der Waals surface area contributed by atoms with E-state index in [1.54, 1.807) is 27.5 Å². The number of nitrogens with zero attached hydrogens (tertiary/aromatic N) is 3. The summed E-state index contributed by atoms with van der Waals surface area (Å²) in [5.74, 6) is 0.482. The largest absolute Gasteiger partial charge is 0.343 e. The van der Waals surface area contributed by atoms with E-state index in [0.29, 0.717) is 32.1 Å². The van der Waals surface area contributed by atoms with Gasteiger partial charge in [0.15, 0.2) is 0 Å². The van der Waals surface area contributed by atoms with Crippen LogP contribution in [0.2, 0.25) is 0 Å². The first kappa shape index (κ1) is 16.7. The fraction of sp³-hybridized carbons (Fsp3) is 0.929. The van der Waals surface area contributed by atoms with Crippen molar-refractivity contribution in [2.24, 2.45) is 5.92 Å². The second-order valence-electron chi connectivity index (χ2n) is 6.37. The molecule has 2 heterocycles. The number of carbonyl (C=O) groups excluding carboxylic acids is 1. The smallest absolute Gasteiger partial charge is 0.281 e. The standard InChI is InChI=1S/C14H27N3O3S/c1-12-5-4-8-17(11-12)21(19,20)16-9-6-14(7-10-16)15(3)13(2)18/h12,14H,4-11H2,1-3H3/t12-/m0/s1. The third-order valence-corrected chi connectivity index (χ3v) is 6.74. The van der Waals surface area contributed by atoms with E-state index in [2.05, 4.69) is 6.92 Å². The van der Waals surface area contributed by atoms with Gasteiger partial charge in [0.1, 0.15) is 0 Å². The summed E-state index contributed by atoms with van der Waals surface area (Å²) >= 11 is 0. The van der Waals surface area contributed by atoms with E-state index in [1.165, 1.54) is 0 Å². The molecule has 1 amide bonds. The SMILES string of the molecule is CC(=O)N(C)C1CCN(S(=O)(=O)N2CCC[C@H](C)C2)CC1. The summed E-state index contributed by atoms with van der Waals surface area (Å²) in [6.45, 7) is 5.95. The van der Waals surface area contributed by atoms with Crippen LogP contribution in [-0.2, 0) is 15.0 Å². The van der Waals surface area contributed by atoms with Gasteiger partial charge in [0.05, 0.1) is 0 Å². The minimum atomic E-state index is -3.32. The molecule has 0 N–H and O–H groups in total. The summed E-state index contributed by atoms with van der Waals surface area (Å²) in [6, 6.07) is 0.161. The predicted molar refractivity (Wildman–Crippen MR) is 81.9 cm³/mol. The van der Waals surface area contributed by atoms with Gasteiger partial charge in [-0.05, 0) is 31.6 Å². The van der Waals surface area contributed by atoms with E-state index in [0.717, 1.165) is 25.7 Å². The van der Waals surface area contributed by atoms with Crippen LogP contribution in [-0.4, -0.2) is 67.1 Å². The maximum Gasteiger partial charge on any atom is 0.281 e. The highest BCUT2D eigenvalue weighted by molar-refractivity contribution is 7.86. The van der Waals surface area contributed by atoms with Gasteiger partial charge >= 0.3 is 0 Å². The molecule has 0 radical (unpaired) electrons. The Morgan fingerprint density at radius 3 is 2.24 bits per heavy atom. The molecule has 0 bridgehead atoms. The zero-order chi connectivity index (χ0) is 15.6. The van der Waals surface area contributed by atoms with E-state index in [9.17, 15) is 13.2 Å². The highest BCUT2D eigenvalue weighted by Gasteiger charge is 2.35. The van der Waals surface area contributed by atoms with E-state index in [-0.39, 0.29) is 11.9 Å². The number of rotatable bonds is 3. The third kappa shape index (κ3) is 3.76. The first-order valence-electron chi connectivity index (χ1n) is 7.81. The van der Waals surface area contributed by atoms with Crippen LogP contribution in [0.5, 0.6) is 0 Å². The van der Waals surface area contributed by atoms with Crippen molar-refractivity contribution in [3.05, 3.63) is 0 Å². The van der Waals surface area contributed by atoms with Gasteiger partial charge < -0.3 is 4.90 Å². The molecule has 2 aliphatic rings. The van der Waals surface area contributed by atoms with Crippen LogP contribution in [0.1, 0.15) is 39.5 Å².